The Morgan fingerprint density at radius 3 is 1.89 bits per heavy atom. The van der Waals surface area contributed by atoms with E-state index in [2.05, 4.69) is 0 Å². The Balaban J connectivity index is 3.15. The topological polar surface area (TPSA) is 93.1 Å². The normalized spacial score (nSPS) is 10.2. The van der Waals surface area contributed by atoms with Crippen molar-refractivity contribution < 1.29 is 29.3 Å². The van der Waals surface area contributed by atoms with E-state index in [0.717, 1.165) is 0 Å². The van der Waals surface area contributed by atoms with E-state index < -0.39 is 17.9 Å². The Hall–Kier alpha value is -2.24. The Labute approximate surface area is 104 Å². The van der Waals surface area contributed by atoms with Crippen molar-refractivity contribution in [3.05, 3.63) is 23.8 Å². The zero-order chi connectivity index (χ0) is 13.7. The fourth-order valence-corrected chi connectivity index (χ4v) is 1.61. The van der Waals surface area contributed by atoms with Gasteiger partial charge in [0.05, 0.1) is 14.2 Å². The quantitative estimate of drug-likeness (QED) is 0.736. The molecule has 0 aliphatic rings. The molecule has 0 amide bonds. The molecule has 0 spiro atoms. The molecular formula is C12H14O6. The average molecular weight is 254 g/mol. The van der Waals surface area contributed by atoms with Gasteiger partial charge in [0.1, 0.15) is 11.5 Å². The first-order chi connectivity index (χ1) is 8.51. The van der Waals surface area contributed by atoms with Crippen molar-refractivity contribution in [3.8, 4) is 11.5 Å². The van der Waals surface area contributed by atoms with E-state index in [1.807, 2.05) is 0 Å². The molecular weight excluding hydrogens is 240 g/mol. The molecule has 0 aromatic heterocycles. The molecule has 2 N–H and O–H groups in total. The third-order valence-electron chi connectivity index (χ3n) is 2.53. The van der Waals surface area contributed by atoms with Gasteiger partial charge in [-0.05, 0) is 12.1 Å². The van der Waals surface area contributed by atoms with Crippen LogP contribution in [0, 0.1) is 5.92 Å². The number of hydrogen-bond donors (Lipinski definition) is 2. The first-order valence-electron chi connectivity index (χ1n) is 5.16. The zero-order valence-electron chi connectivity index (χ0n) is 10.0. The lowest BCUT2D eigenvalue weighted by atomic mass is 9.98. The van der Waals surface area contributed by atoms with Gasteiger partial charge in [0.25, 0.3) is 0 Å². The van der Waals surface area contributed by atoms with E-state index in [4.69, 9.17) is 19.7 Å². The molecule has 0 radical (unpaired) electrons. The molecule has 18 heavy (non-hydrogen) atoms. The van der Waals surface area contributed by atoms with Crippen LogP contribution in [0.1, 0.15) is 5.56 Å². The maximum absolute atomic E-state index is 10.9. The van der Waals surface area contributed by atoms with Crippen LogP contribution in [-0.4, -0.2) is 36.4 Å². The minimum Gasteiger partial charge on any atom is -0.496 e. The summed E-state index contributed by atoms with van der Waals surface area (Å²) in [6, 6.07) is 4.93. The monoisotopic (exact) mass is 254 g/mol. The minimum atomic E-state index is -1.53. The van der Waals surface area contributed by atoms with Gasteiger partial charge >= 0.3 is 11.9 Å². The van der Waals surface area contributed by atoms with Crippen molar-refractivity contribution >= 4 is 11.9 Å². The Bertz CT molecular complexity index is 418. The summed E-state index contributed by atoms with van der Waals surface area (Å²) in [7, 11) is 2.85. The van der Waals surface area contributed by atoms with Crippen LogP contribution >= 0.6 is 0 Å². The Kier molecular flexibility index (Phi) is 4.53. The van der Waals surface area contributed by atoms with Crippen molar-refractivity contribution in [2.45, 2.75) is 6.42 Å². The highest BCUT2D eigenvalue weighted by Crippen LogP contribution is 2.30. The van der Waals surface area contributed by atoms with Crippen LogP contribution in [0.2, 0.25) is 0 Å². The third kappa shape index (κ3) is 2.91. The summed E-state index contributed by atoms with van der Waals surface area (Å²) in [5.41, 5.74) is 0.428. The number of ether oxygens (including phenoxy) is 2. The lowest BCUT2D eigenvalue weighted by molar-refractivity contribution is -0.154. The lowest BCUT2D eigenvalue weighted by Gasteiger charge is -2.14. The molecule has 0 atom stereocenters. The van der Waals surface area contributed by atoms with Gasteiger partial charge in [-0.2, -0.15) is 0 Å². The number of rotatable bonds is 6. The molecule has 0 fully saturated rings. The SMILES string of the molecule is COc1cccc(OC)c1CC(C(=O)O)C(=O)O. The fourth-order valence-electron chi connectivity index (χ4n) is 1.61. The number of carboxylic acid groups (broad SMARTS) is 2. The minimum absolute atomic E-state index is 0.197. The van der Waals surface area contributed by atoms with Crippen LogP contribution in [0.5, 0.6) is 11.5 Å². The van der Waals surface area contributed by atoms with Crippen LogP contribution in [0.15, 0.2) is 18.2 Å². The number of aliphatic carboxylic acids is 2. The van der Waals surface area contributed by atoms with Crippen molar-refractivity contribution in [3.63, 3.8) is 0 Å². The van der Waals surface area contributed by atoms with Gasteiger partial charge in [0.15, 0.2) is 5.92 Å². The van der Waals surface area contributed by atoms with E-state index in [1.165, 1.54) is 14.2 Å². The van der Waals surface area contributed by atoms with Crippen molar-refractivity contribution in [2.75, 3.05) is 14.2 Å². The predicted molar refractivity (Wildman–Crippen MR) is 62.0 cm³/mol. The molecule has 0 aliphatic heterocycles. The van der Waals surface area contributed by atoms with Crippen LogP contribution in [-0.2, 0) is 16.0 Å². The molecule has 98 valence electrons. The average Bonchev–Trinajstić information content (AvgIpc) is 2.34. The molecule has 1 rings (SSSR count). The summed E-state index contributed by atoms with van der Waals surface area (Å²) in [6.45, 7) is 0. The van der Waals surface area contributed by atoms with Crippen molar-refractivity contribution in [1.29, 1.82) is 0 Å². The molecule has 1 aromatic rings. The second-order valence-electron chi connectivity index (χ2n) is 3.57. The van der Waals surface area contributed by atoms with E-state index in [0.29, 0.717) is 17.1 Å². The molecule has 1 aromatic carbocycles. The van der Waals surface area contributed by atoms with Gasteiger partial charge < -0.3 is 19.7 Å². The summed E-state index contributed by atoms with van der Waals surface area (Å²) in [5, 5.41) is 17.7. The Morgan fingerprint density at radius 2 is 1.56 bits per heavy atom. The van der Waals surface area contributed by atoms with Gasteiger partial charge in [-0.15, -0.1) is 0 Å². The number of carboxylic acids is 2. The van der Waals surface area contributed by atoms with Crippen LogP contribution in [0.3, 0.4) is 0 Å². The highest BCUT2D eigenvalue weighted by molar-refractivity contribution is 5.93. The lowest BCUT2D eigenvalue weighted by Crippen LogP contribution is -2.25. The van der Waals surface area contributed by atoms with Crippen LogP contribution in [0.4, 0.5) is 0 Å². The summed E-state index contributed by atoms with van der Waals surface area (Å²) >= 11 is 0. The molecule has 0 unspecified atom stereocenters. The number of carbonyl (C=O) groups is 2. The largest absolute Gasteiger partial charge is 0.496 e. The molecule has 0 saturated carbocycles. The first kappa shape index (κ1) is 13.8. The number of hydrogen-bond acceptors (Lipinski definition) is 4. The second-order valence-corrected chi connectivity index (χ2v) is 3.57. The predicted octanol–water partition coefficient (Wildman–Crippen LogP) is 1.03. The molecule has 6 heteroatoms. The number of methoxy groups -OCH3 is 2. The Morgan fingerprint density at radius 1 is 1.11 bits per heavy atom. The highest BCUT2D eigenvalue weighted by Gasteiger charge is 2.28. The molecule has 6 nitrogen and oxygen atoms in total. The summed E-state index contributed by atoms with van der Waals surface area (Å²) in [4.78, 5) is 21.8. The highest BCUT2D eigenvalue weighted by atomic mass is 16.5. The first-order valence-corrected chi connectivity index (χ1v) is 5.16. The summed E-state index contributed by atoms with van der Waals surface area (Å²) in [6.07, 6.45) is -0.197. The van der Waals surface area contributed by atoms with Gasteiger partial charge in [-0.3, -0.25) is 9.59 Å². The van der Waals surface area contributed by atoms with Crippen LogP contribution in [0.25, 0.3) is 0 Å². The summed E-state index contributed by atoms with van der Waals surface area (Å²) in [5.74, 6) is -3.51. The van der Waals surface area contributed by atoms with E-state index in [-0.39, 0.29) is 6.42 Å². The van der Waals surface area contributed by atoms with Gasteiger partial charge in [0.2, 0.25) is 0 Å². The molecule has 0 saturated heterocycles. The van der Waals surface area contributed by atoms with E-state index >= 15 is 0 Å². The van der Waals surface area contributed by atoms with E-state index in [1.54, 1.807) is 18.2 Å². The van der Waals surface area contributed by atoms with Crippen molar-refractivity contribution in [2.24, 2.45) is 5.92 Å². The van der Waals surface area contributed by atoms with Crippen LogP contribution < -0.4 is 9.47 Å². The standard InChI is InChI=1S/C12H14O6/c1-17-9-4-3-5-10(18-2)7(9)6-8(11(13)14)12(15)16/h3-5,8H,6H2,1-2H3,(H,13,14)(H,15,16). The van der Waals surface area contributed by atoms with Crippen molar-refractivity contribution in [1.82, 2.24) is 0 Å². The molecule has 0 bridgehead atoms. The fraction of sp³-hybridized carbons (Fsp3) is 0.333. The van der Waals surface area contributed by atoms with Gasteiger partial charge in [-0.25, -0.2) is 0 Å². The van der Waals surface area contributed by atoms with Gasteiger partial charge in [-0.1, -0.05) is 6.07 Å². The third-order valence-corrected chi connectivity index (χ3v) is 2.53. The smallest absolute Gasteiger partial charge is 0.318 e. The molecule has 0 aliphatic carbocycles. The maximum Gasteiger partial charge on any atom is 0.318 e. The summed E-state index contributed by atoms with van der Waals surface area (Å²) < 4.78 is 10.2. The van der Waals surface area contributed by atoms with E-state index in [9.17, 15) is 9.59 Å². The van der Waals surface area contributed by atoms with Gasteiger partial charge in [0, 0.05) is 12.0 Å². The maximum atomic E-state index is 10.9. The zero-order valence-corrected chi connectivity index (χ0v) is 10.0. The second kappa shape index (κ2) is 5.90. The molecule has 0 heterocycles. The number of benzene rings is 1.